The number of hydrogen-bond donors (Lipinski definition) is 0. The minimum absolute atomic E-state index is 0. The summed E-state index contributed by atoms with van der Waals surface area (Å²) in [4.78, 5) is 20.8. The Kier molecular flexibility index (Phi) is 8.45. The van der Waals surface area contributed by atoms with Crippen LogP contribution in [0.4, 0.5) is 0 Å². The average molecular weight is 229 g/mol. The normalized spacial score (nSPS) is 7.70. The van der Waals surface area contributed by atoms with Crippen molar-refractivity contribution in [3.63, 3.8) is 0 Å². The van der Waals surface area contributed by atoms with Gasteiger partial charge in [0.2, 0.25) is 0 Å². The largest absolute Gasteiger partial charge is 0.300 e. The van der Waals surface area contributed by atoms with E-state index in [1.807, 2.05) is 0 Å². The van der Waals surface area contributed by atoms with Gasteiger partial charge in [0.1, 0.15) is 11.6 Å². The van der Waals surface area contributed by atoms with E-state index in [1.165, 1.54) is 13.0 Å². The first kappa shape index (κ1) is 12.4. The molecule has 0 fully saturated rings. The third kappa shape index (κ3) is 7.70. The summed E-state index contributed by atoms with van der Waals surface area (Å²) in [6.07, 6.45) is 1.86. The fraction of sp³-hybridized carbons (Fsp3) is 0.429. The van der Waals surface area contributed by atoms with Crippen LogP contribution in [-0.2, 0) is 29.1 Å². The van der Waals surface area contributed by atoms with E-state index in [0.29, 0.717) is 6.42 Å². The Hall–Kier alpha value is -0.297. The molecular weight excluding hydrogens is 219 g/mol. The number of carbonyl (C=O) groups excluding carboxylic acids is 2. The third-order valence-electron chi connectivity index (χ3n) is 0.818. The van der Waals surface area contributed by atoms with Crippen molar-refractivity contribution in [2.75, 3.05) is 0 Å². The van der Waals surface area contributed by atoms with Crippen molar-refractivity contribution in [2.45, 2.75) is 19.8 Å². The minimum atomic E-state index is -0.0816. The van der Waals surface area contributed by atoms with E-state index in [4.69, 9.17) is 0 Å². The topological polar surface area (TPSA) is 34.1 Å². The van der Waals surface area contributed by atoms with E-state index in [2.05, 4.69) is 6.58 Å². The summed E-state index contributed by atoms with van der Waals surface area (Å²) in [7, 11) is 0. The number of ketones is 2. The van der Waals surface area contributed by atoms with E-state index in [0.717, 1.165) is 0 Å². The Morgan fingerprint density at radius 1 is 1.50 bits per heavy atom. The molecule has 59 valence electrons. The van der Waals surface area contributed by atoms with Gasteiger partial charge in [0, 0.05) is 25.9 Å². The van der Waals surface area contributed by atoms with Gasteiger partial charge in [-0.05, 0) is 6.92 Å². The molecule has 0 aliphatic carbocycles. The van der Waals surface area contributed by atoms with Crippen molar-refractivity contribution in [1.29, 1.82) is 0 Å². The van der Waals surface area contributed by atoms with Crippen LogP contribution < -0.4 is 0 Å². The minimum Gasteiger partial charge on any atom is -0.300 e. The van der Waals surface area contributed by atoms with E-state index in [1.54, 1.807) is 0 Å². The van der Waals surface area contributed by atoms with Crippen LogP contribution in [0.1, 0.15) is 19.8 Å². The van der Waals surface area contributed by atoms with Crippen LogP contribution in [0.3, 0.4) is 0 Å². The standard InChI is InChI=1S/C7H10O2.Rh/c1-3-4-7(9)5-6(2)8;/h3H,1,4-5H2,2H3;. The van der Waals surface area contributed by atoms with Gasteiger partial charge in [-0.2, -0.15) is 0 Å². The van der Waals surface area contributed by atoms with Gasteiger partial charge >= 0.3 is 0 Å². The Bertz CT molecular complexity index is 141. The zero-order valence-electron chi connectivity index (χ0n) is 5.85. The van der Waals surface area contributed by atoms with Gasteiger partial charge in [0.25, 0.3) is 0 Å². The number of hydrogen-bond acceptors (Lipinski definition) is 2. The number of carbonyl (C=O) groups is 2. The van der Waals surface area contributed by atoms with E-state index < -0.39 is 0 Å². The summed E-state index contributed by atoms with van der Waals surface area (Å²) in [5, 5.41) is 0. The van der Waals surface area contributed by atoms with Crippen molar-refractivity contribution < 1.29 is 29.1 Å². The summed E-state index contributed by atoms with van der Waals surface area (Å²) < 4.78 is 0. The van der Waals surface area contributed by atoms with Crippen LogP contribution in [0.2, 0.25) is 0 Å². The predicted octanol–water partition coefficient (Wildman–Crippen LogP) is 1.11. The van der Waals surface area contributed by atoms with Crippen LogP contribution in [0.15, 0.2) is 12.7 Å². The fourth-order valence-electron chi connectivity index (χ4n) is 0.511. The quantitative estimate of drug-likeness (QED) is 0.411. The maximum Gasteiger partial charge on any atom is 0.143 e. The summed E-state index contributed by atoms with van der Waals surface area (Å²) >= 11 is 0. The summed E-state index contributed by atoms with van der Waals surface area (Å²) in [5.74, 6) is -0.139. The van der Waals surface area contributed by atoms with Crippen LogP contribution in [0.25, 0.3) is 0 Å². The van der Waals surface area contributed by atoms with Gasteiger partial charge in [-0.3, -0.25) is 9.59 Å². The number of allylic oxidation sites excluding steroid dienone is 1. The summed E-state index contributed by atoms with van der Waals surface area (Å²) in [6, 6.07) is 0. The molecule has 0 spiro atoms. The SMILES string of the molecule is C=CCC(=O)CC(C)=O.[Rh]. The van der Waals surface area contributed by atoms with Crippen molar-refractivity contribution in [2.24, 2.45) is 0 Å². The zero-order valence-corrected chi connectivity index (χ0v) is 7.49. The Morgan fingerprint density at radius 3 is 2.30 bits per heavy atom. The van der Waals surface area contributed by atoms with Crippen molar-refractivity contribution in [3.8, 4) is 0 Å². The van der Waals surface area contributed by atoms with Gasteiger partial charge in [-0.15, -0.1) is 6.58 Å². The Labute approximate surface area is 73.4 Å². The molecule has 2 nitrogen and oxygen atoms in total. The molecule has 0 bridgehead atoms. The average Bonchev–Trinajstić information content (AvgIpc) is 1.63. The van der Waals surface area contributed by atoms with Crippen LogP contribution in [-0.4, -0.2) is 11.6 Å². The smallest absolute Gasteiger partial charge is 0.143 e. The van der Waals surface area contributed by atoms with Gasteiger partial charge in [0.15, 0.2) is 0 Å². The first-order valence-electron chi connectivity index (χ1n) is 2.79. The molecule has 0 N–H and O–H groups in total. The molecule has 0 aromatic rings. The van der Waals surface area contributed by atoms with E-state index >= 15 is 0 Å². The molecule has 1 radical (unpaired) electrons. The molecule has 0 heterocycles. The molecule has 0 atom stereocenters. The van der Waals surface area contributed by atoms with Crippen LogP contribution in [0, 0.1) is 0 Å². The first-order chi connectivity index (χ1) is 4.16. The van der Waals surface area contributed by atoms with Crippen molar-refractivity contribution in [1.82, 2.24) is 0 Å². The molecule has 0 amide bonds. The van der Waals surface area contributed by atoms with Crippen molar-refractivity contribution >= 4 is 11.6 Å². The maximum absolute atomic E-state index is 10.6. The molecule has 3 heteroatoms. The number of Topliss-reactive ketones (excluding diaryl/α,β-unsaturated/α-hetero) is 2. The van der Waals surface area contributed by atoms with Crippen LogP contribution in [0.5, 0.6) is 0 Å². The third-order valence-corrected chi connectivity index (χ3v) is 0.818. The van der Waals surface area contributed by atoms with Gasteiger partial charge in [0.05, 0.1) is 6.42 Å². The van der Waals surface area contributed by atoms with Gasteiger partial charge < -0.3 is 0 Å². The zero-order chi connectivity index (χ0) is 7.28. The monoisotopic (exact) mass is 229 g/mol. The van der Waals surface area contributed by atoms with Crippen molar-refractivity contribution in [3.05, 3.63) is 12.7 Å². The Balaban J connectivity index is 0. The molecule has 0 aliphatic heterocycles. The fourth-order valence-corrected chi connectivity index (χ4v) is 0.511. The van der Waals surface area contributed by atoms with Crippen LogP contribution >= 0.6 is 0 Å². The molecule has 10 heavy (non-hydrogen) atoms. The second kappa shape index (κ2) is 6.82. The maximum atomic E-state index is 10.6. The summed E-state index contributed by atoms with van der Waals surface area (Å²) in [5.41, 5.74) is 0. The Morgan fingerprint density at radius 2 is 2.00 bits per heavy atom. The van der Waals surface area contributed by atoms with Gasteiger partial charge in [-0.25, -0.2) is 0 Å². The molecule has 0 saturated heterocycles. The molecule has 0 aliphatic rings. The van der Waals surface area contributed by atoms with E-state index in [-0.39, 0.29) is 37.5 Å². The first-order valence-corrected chi connectivity index (χ1v) is 2.79. The molecule has 0 aromatic heterocycles. The summed E-state index contributed by atoms with van der Waals surface area (Å²) in [6.45, 7) is 4.78. The van der Waals surface area contributed by atoms with Gasteiger partial charge in [-0.1, -0.05) is 6.08 Å². The molecular formula is C7H10O2Rh. The predicted molar refractivity (Wildman–Crippen MR) is 35.1 cm³/mol. The second-order valence-electron chi connectivity index (χ2n) is 1.91. The second-order valence-corrected chi connectivity index (χ2v) is 1.91. The molecule has 0 rings (SSSR count). The molecule has 0 unspecified atom stereocenters. The van der Waals surface area contributed by atoms with E-state index in [9.17, 15) is 9.59 Å². The molecule has 0 aromatic carbocycles. The number of rotatable bonds is 4. The molecule has 0 saturated carbocycles.